The summed E-state index contributed by atoms with van der Waals surface area (Å²) in [6.45, 7) is 3.92. The van der Waals surface area contributed by atoms with Crippen LogP contribution in [0.4, 0.5) is 30.7 Å². The maximum absolute atomic E-state index is 14.6. The Morgan fingerprint density at radius 2 is 1.31 bits per heavy atom. The minimum atomic E-state index is -5.30. The smallest absolute Gasteiger partial charge is 0.464 e. The lowest BCUT2D eigenvalue weighted by molar-refractivity contribution is -0.147. The van der Waals surface area contributed by atoms with Gasteiger partial charge in [-0.05, 0) is 55.0 Å². The molecule has 0 bridgehead atoms. The number of unbranched alkanes of at least 4 members (excludes halogenated alkanes) is 2. The molecule has 0 unspecified atom stereocenters. The SMILES string of the molecule is CCCCC(CCCC)COC(=O)[C@H](Cc1cc(F)cc(F)c1)N[P@](=O)(Oc1ccccc1)Oc1c(F)c(F)c(F)c(F)c1F. The van der Waals surface area contributed by atoms with Crippen molar-refractivity contribution >= 4 is 13.7 Å². The molecule has 3 aromatic rings. The minimum absolute atomic E-state index is 0.0434. The molecule has 0 aliphatic heterocycles. The molecule has 0 aliphatic rings. The third-order valence-electron chi connectivity index (χ3n) is 6.70. The number of esters is 1. The van der Waals surface area contributed by atoms with Crippen LogP contribution in [0, 0.1) is 46.6 Å². The van der Waals surface area contributed by atoms with Crippen LogP contribution in [0.1, 0.15) is 57.9 Å². The summed E-state index contributed by atoms with van der Waals surface area (Å²) in [6, 6.07) is 7.34. The van der Waals surface area contributed by atoms with E-state index in [-0.39, 0.29) is 23.8 Å². The standard InChI is InChI=1S/C31H33F7NO5P/c1-3-5-10-19(11-6-4-2)18-42-31(40)24(16-20-14-21(32)17-22(33)15-20)39-45(41,43-23-12-8-7-9-13-23)44-30-28(37)26(35)25(34)27(36)29(30)38/h7-9,12-15,17,19,24H,3-6,10-11,16,18H2,1-2H3,(H,39,41)/t24-,45-/m0/s1. The van der Waals surface area contributed by atoms with Crippen molar-refractivity contribution in [3.8, 4) is 11.5 Å². The lowest BCUT2D eigenvalue weighted by Crippen LogP contribution is -2.40. The van der Waals surface area contributed by atoms with Crippen molar-refractivity contribution in [1.29, 1.82) is 0 Å². The van der Waals surface area contributed by atoms with Crippen molar-refractivity contribution in [2.75, 3.05) is 6.61 Å². The lowest BCUT2D eigenvalue weighted by Gasteiger charge is -2.26. The van der Waals surface area contributed by atoms with Crippen LogP contribution in [0.25, 0.3) is 0 Å². The van der Waals surface area contributed by atoms with Gasteiger partial charge in [0.2, 0.25) is 34.8 Å². The molecule has 1 N–H and O–H groups in total. The second-order valence-electron chi connectivity index (χ2n) is 10.3. The predicted octanol–water partition coefficient (Wildman–Crippen LogP) is 8.97. The number of halogens is 7. The van der Waals surface area contributed by atoms with Crippen LogP contribution in [-0.2, 0) is 20.5 Å². The maximum atomic E-state index is 14.6. The zero-order valence-electron chi connectivity index (χ0n) is 24.6. The number of carbonyl (C=O) groups is 1. The van der Waals surface area contributed by atoms with E-state index in [4.69, 9.17) is 13.8 Å². The molecule has 0 aliphatic carbocycles. The molecule has 0 saturated heterocycles. The Hall–Kier alpha value is -3.57. The summed E-state index contributed by atoms with van der Waals surface area (Å²) in [7, 11) is -5.30. The van der Waals surface area contributed by atoms with Crippen molar-refractivity contribution in [3.05, 3.63) is 94.8 Å². The summed E-state index contributed by atoms with van der Waals surface area (Å²) in [5.74, 6) is -17.5. The molecule has 0 fully saturated rings. The summed E-state index contributed by atoms with van der Waals surface area (Å²) in [4.78, 5) is 13.4. The van der Waals surface area contributed by atoms with Crippen LogP contribution in [0.15, 0.2) is 48.5 Å². The van der Waals surface area contributed by atoms with Crippen LogP contribution in [0.2, 0.25) is 0 Å². The highest BCUT2D eigenvalue weighted by molar-refractivity contribution is 7.52. The molecule has 246 valence electrons. The second kappa shape index (κ2) is 16.7. The number of nitrogens with one attached hydrogen (secondary N) is 1. The van der Waals surface area contributed by atoms with E-state index in [1.54, 1.807) is 0 Å². The monoisotopic (exact) mass is 663 g/mol. The molecule has 0 amide bonds. The first-order chi connectivity index (χ1) is 21.4. The Morgan fingerprint density at radius 3 is 1.84 bits per heavy atom. The summed E-state index contributed by atoms with van der Waals surface area (Å²) in [5, 5.41) is 2.15. The van der Waals surface area contributed by atoms with E-state index >= 15 is 0 Å². The number of hydrogen-bond donors (Lipinski definition) is 1. The second-order valence-corrected chi connectivity index (χ2v) is 12.0. The molecule has 14 heteroatoms. The van der Waals surface area contributed by atoms with E-state index in [9.17, 15) is 40.1 Å². The summed E-state index contributed by atoms with van der Waals surface area (Å²) < 4.78 is 129. The quantitative estimate of drug-likeness (QED) is 0.0511. The highest BCUT2D eigenvalue weighted by Crippen LogP contribution is 2.48. The first kappa shape index (κ1) is 35.9. The molecule has 6 nitrogen and oxygen atoms in total. The zero-order valence-corrected chi connectivity index (χ0v) is 25.5. The average molecular weight is 664 g/mol. The molecule has 0 saturated carbocycles. The molecule has 0 spiro atoms. The largest absolute Gasteiger partial charge is 0.513 e. The molecule has 3 rings (SSSR count). The van der Waals surface area contributed by atoms with Crippen LogP contribution < -0.4 is 14.1 Å². The van der Waals surface area contributed by atoms with E-state index in [1.807, 2.05) is 13.8 Å². The van der Waals surface area contributed by atoms with Crippen molar-refractivity contribution in [2.45, 2.75) is 64.8 Å². The van der Waals surface area contributed by atoms with Gasteiger partial charge in [-0.15, -0.1) is 0 Å². The van der Waals surface area contributed by atoms with E-state index in [0.29, 0.717) is 6.07 Å². The van der Waals surface area contributed by atoms with Gasteiger partial charge in [0, 0.05) is 6.07 Å². The lowest BCUT2D eigenvalue weighted by atomic mass is 9.97. The van der Waals surface area contributed by atoms with E-state index in [1.165, 1.54) is 30.3 Å². The van der Waals surface area contributed by atoms with Crippen molar-refractivity contribution in [2.24, 2.45) is 5.92 Å². The van der Waals surface area contributed by atoms with Gasteiger partial charge in [0.1, 0.15) is 23.4 Å². The van der Waals surface area contributed by atoms with Gasteiger partial charge in [0.15, 0.2) is 0 Å². The predicted molar refractivity (Wildman–Crippen MR) is 152 cm³/mol. The fourth-order valence-corrected chi connectivity index (χ4v) is 5.93. The van der Waals surface area contributed by atoms with Crippen LogP contribution in [0.3, 0.4) is 0 Å². The highest BCUT2D eigenvalue weighted by Gasteiger charge is 2.40. The number of para-hydroxylation sites is 1. The van der Waals surface area contributed by atoms with Gasteiger partial charge < -0.3 is 13.8 Å². The third kappa shape index (κ3) is 10.2. The van der Waals surface area contributed by atoms with Crippen LogP contribution in [-0.4, -0.2) is 18.6 Å². The molecule has 0 heterocycles. The van der Waals surface area contributed by atoms with Crippen LogP contribution >= 0.6 is 7.75 Å². The molecule has 0 radical (unpaired) electrons. The average Bonchev–Trinajstić information content (AvgIpc) is 3.00. The van der Waals surface area contributed by atoms with E-state index in [2.05, 4.69) is 5.09 Å². The first-order valence-corrected chi connectivity index (χ1v) is 15.9. The number of carbonyl (C=O) groups excluding carboxylic acids is 1. The number of benzene rings is 3. The topological polar surface area (TPSA) is 73.9 Å². The van der Waals surface area contributed by atoms with E-state index in [0.717, 1.165) is 50.7 Å². The Balaban J connectivity index is 2.02. The van der Waals surface area contributed by atoms with Gasteiger partial charge in [-0.1, -0.05) is 57.7 Å². The molecular formula is C31H33F7NO5P. The van der Waals surface area contributed by atoms with E-state index < -0.39 is 72.6 Å². The van der Waals surface area contributed by atoms with Gasteiger partial charge in [0.05, 0.1) is 6.61 Å². The van der Waals surface area contributed by atoms with Gasteiger partial charge >= 0.3 is 13.7 Å². The molecule has 45 heavy (non-hydrogen) atoms. The van der Waals surface area contributed by atoms with Crippen molar-refractivity contribution < 1.29 is 53.9 Å². The van der Waals surface area contributed by atoms with Crippen molar-refractivity contribution in [1.82, 2.24) is 5.09 Å². The Kier molecular flexibility index (Phi) is 13.3. The maximum Gasteiger partial charge on any atom is 0.513 e. The molecule has 3 aromatic carbocycles. The molecular weight excluding hydrogens is 630 g/mol. The molecule has 0 aromatic heterocycles. The Labute approximate surface area is 256 Å². The Morgan fingerprint density at radius 1 is 0.778 bits per heavy atom. The zero-order chi connectivity index (χ0) is 33.1. The normalized spacial score (nSPS) is 13.4. The van der Waals surface area contributed by atoms with Crippen molar-refractivity contribution in [3.63, 3.8) is 0 Å². The number of rotatable bonds is 17. The Bertz CT molecular complexity index is 1440. The van der Waals surface area contributed by atoms with Gasteiger partial charge in [-0.25, -0.2) is 26.5 Å². The molecule has 2 atom stereocenters. The number of hydrogen-bond acceptors (Lipinski definition) is 5. The van der Waals surface area contributed by atoms with Crippen LogP contribution in [0.5, 0.6) is 11.5 Å². The summed E-state index contributed by atoms with van der Waals surface area (Å²) >= 11 is 0. The van der Waals surface area contributed by atoms with Gasteiger partial charge in [-0.2, -0.15) is 13.9 Å². The summed E-state index contributed by atoms with van der Waals surface area (Å²) in [5.41, 5.74) is -0.127. The first-order valence-electron chi connectivity index (χ1n) is 14.3. The van der Waals surface area contributed by atoms with Gasteiger partial charge in [-0.3, -0.25) is 4.79 Å². The number of ether oxygens (including phenoxy) is 1. The third-order valence-corrected chi connectivity index (χ3v) is 8.21. The highest BCUT2D eigenvalue weighted by atomic mass is 31.2. The fourth-order valence-electron chi connectivity index (χ4n) is 4.41. The van der Waals surface area contributed by atoms with Gasteiger partial charge in [0.25, 0.3) is 0 Å². The fraction of sp³-hybridized carbons (Fsp3) is 0.387. The summed E-state index contributed by atoms with van der Waals surface area (Å²) in [6.07, 6.45) is 4.34. The minimum Gasteiger partial charge on any atom is -0.464 e.